The maximum Gasteiger partial charge on any atom is 0.0538 e. The van der Waals surface area contributed by atoms with Gasteiger partial charge in [-0.2, -0.15) is 0 Å². The minimum Gasteiger partial charge on any atom is -0.396 e. The van der Waals surface area contributed by atoms with Crippen LogP contribution in [0.4, 0.5) is 5.69 Å². The topological polar surface area (TPSA) is 58.0 Å². The highest BCUT2D eigenvalue weighted by Crippen LogP contribution is 2.14. The van der Waals surface area contributed by atoms with E-state index in [1.54, 1.807) is 18.6 Å². The lowest BCUT2D eigenvalue weighted by atomic mass is 10.0. The predicted molar refractivity (Wildman–Crippen MR) is 78.9 cm³/mol. The van der Waals surface area contributed by atoms with Gasteiger partial charge in [0.05, 0.1) is 11.9 Å². The average Bonchev–Trinajstić information content (AvgIpc) is 2.44. The molecule has 0 radical (unpaired) electrons. The third-order valence-corrected chi connectivity index (χ3v) is 3.22. The van der Waals surface area contributed by atoms with Gasteiger partial charge < -0.3 is 10.4 Å². The first-order valence-electron chi connectivity index (χ1n) is 6.13. The Morgan fingerprint density at radius 2 is 2.21 bits per heavy atom. The van der Waals surface area contributed by atoms with Crippen molar-refractivity contribution in [1.29, 1.82) is 0 Å². The zero-order valence-electron chi connectivity index (χ0n) is 10.5. The Morgan fingerprint density at radius 1 is 1.32 bits per heavy atom. The van der Waals surface area contributed by atoms with E-state index >= 15 is 0 Å². The average molecular weight is 322 g/mol. The zero-order chi connectivity index (χ0) is 13.5. The van der Waals surface area contributed by atoms with E-state index in [1.165, 1.54) is 0 Å². The highest BCUT2D eigenvalue weighted by atomic mass is 79.9. The van der Waals surface area contributed by atoms with Crippen molar-refractivity contribution in [3.63, 3.8) is 0 Å². The van der Waals surface area contributed by atoms with Crippen molar-refractivity contribution in [2.45, 2.75) is 6.42 Å². The molecule has 1 atom stereocenters. The van der Waals surface area contributed by atoms with Gasteiger partial charge in [-0.1, -0.05) is 6.07 Å². The van der Waals surface area contributed by atoms with Crippen LogP contribution in [-0.2, 0) is 6.42 Å². The highest BCUT2D eigenvalue weighted by Gasteiger charge is 2.09. The van der Waals surface area contributed by atoms with Crippen molar-refractivity contribution in [1.82, 2.24) is 9.97 Å². The fourth-order valence-electron chi connectivity index (χ4n) is 1.79. The van der Waals surface area contributed by atoms with Crippen LogP contribution in [0.3, 0.4) is 0 Å². The van der Waals surface area contributed by atoms with Gasteiger partial charge in [0.25, 0.3) is 0 Å². The number of rotatable bonds is 6. The van der Waals surface area contributed by atoms with Crippen LogP contribution in [0, 0.1) is 5.92 Å². The van der Waals surface area contributed by atoms with Crippen LogP contribution in [-0.4, -0.2) is 28.2 Å². The molecule has 0 unspecified atom stereocenters. The van der Waals surface area contributed by atoms with E-state index in [2.05, 4.69) is 31.2 Å². The number of halogens is 1. The van der Waals surface area contributed by atoms with E-state index in [-0.39, 0.29) is 12.5 Å². The summed E-state index contributed by atoms with van der Waals surface area (Å²) in [5.41, 5.74) is 1.93. The number of hydrogen-bond donors (Lipinski definition) is 2. The number of aliphatic hydroxyl groups is 1. The molecule has 2 heterocycles. The fraction of sp³-hybridized carbons (Fsp3) is 0.286. The van der Waals surface area contributed by atoms with Crippen LogP contribution in [0.2, 0.25) is 0 Å². The molecular formula is C14H16BrN3O. The lowest BCUT2D eigenvalue weighted by Crippen LogP contribution is -2.20. The molecule has 2 rings (SSSR count). The minimum atomic E-state index is 0.130. The highest BCUT2D eigenvalue weighted by molar-refractivity contribution is 9.10. The second-order valence-electron chi connectivity index (χ2n) is 4.35. The van der Waals surface area contributed by atoms with Gasteiger partial charge in [-0.05, 0) is 40.5 Å². The molecule has 0 fully saturated rings. The minimum absolute atomic E-state index is 0.130. The number of aromatic nitrogens is 2. The standard InChI is InChI=1S/C14H16BrN3O/c15-12-6-14(9-16-8-12)18-7-11(10-19)5-13-3-1-2-4-17-13/h1-4,6,8-9,11,18-19H,5,7,10H2/t11-/m0/s1. The summed E-state index contributed by atoms with van der Waals surface area (Å²) in [7, 11) is 0. The molecule has 2 aromatic heterocycles. The summed E-state index contributed by atoms with van der Waals surface area (Å²) in [6, 6.07) is 7.79. The van der Waals surface area contributed by atoms with Crippen LogP contribution in [0.15, 0.2) is 47.3 Å². The van der Waals surface area contributed by atoms with Gasteiger partial charge in [0.2, 0.25) is 0 Å². The Bertz CT molecular complexity index is 507. The molecular weight excluding hydrogens is 306 g/mol. The molecule has 0 aliphatic heterocycles. The molecule has 2 N–H and O–H groups in total. The Hall–Kier alpha value is -1.46. The van der Waals surface area contributed by atoms with Gasteiger partial charge >= 0.3 is 0 Å². The molecule has 4 nitrogen and oxygen atoms in total. The van der Waals surface area contributed by atoms with E-state index in [0.29, 0.717) is 6.54 Å². The van der Waals surface area contributed by atoms with Gasteiger partial charge in [0.1, 0.15) is 0 Å². The molecule has 19 heavy (non-hydrogen) atoms. The summed E-state index contributed by atoms with van der Waals surface area (Å²) in [4.78, 5) is 8.36. The Balaban J connectivity index is 1.89. The molecule has 2 aromatic rings. The van der Waals surface area contributed by atoms with Crippen molar-refractivity contribution < 1.29 is 5.11 Å². The lowest BCUT2D eigenvalue weighted by Gasteiger charge is -2.15. The number of aliphatic hydroxyl groups excluding tert-OH is 1. The first-order chi connectivity index (χ1) is 9.28. The molecule has 0 amide bonds. The number of pyridine rings is 2. The van der Waals surface area contributed by atoms with E-state index in [4.69, 9.17) is 0 Å². The molecule has 0 aliphatic carbocycles. The lowest BCUT2D eigenvalue weighted by molar-refractivity contribution is 0.232. The number of nitrogens with zero attached hydrogens (tertiary/aromatic N) is 2. The van der Waals surface area contributed by atoms with Crippen LogP contribution < -0.4 is 5.32 Å². The largest absolute Gasteiger partial charge is 0.396 e. The summed E-state index contributed by atoms with van der Waals surface area (Å²) < 4.78 is 0.933. The van der Waals surface area contributed by atoms with E-state index < -0.39 is 0 Å². The smallest absolute Gasteiger partial charge is 0.0538 e. The first kappa shape index (κ1) is 14.0. The van der Waals surface area contributed by atoms with Crippen molar-refractivity contribution in [3.8, 4) is 0 Å². The second-order valence-corrected chi connectivity index (χ2v) is 5.26. The number of nitrogens with one attached hydrogen (secondary N) is 1. The quantitative estimate of drug-likeness (QED) is 0.858. The van der Waals surface area contributed by atoms with Gasteiger partial charge in [-0.15, -0.1) is 0 Å². The maximum atomic E-state index is 9.43. The SMILES string of the molecule is OC[C@H](CNc1cncc(Br)c1)Cc1ccccn1. The molecule has 0 spiro atoms. The second kappa shape index (κ2) is 7.21. The normalized spacial score (nSPS) is 12.1. The van der Waals surface area contributed by atoms with E-state index in [0.717, 1.165) is 22.3 Å². The molecule has 100 valence electrons. The zero-order valence-corrected chi connectivity index (χ0v) is 12.0. The maximum absolute atomic E-state index is 9.43. The van der Waals surface area contributed by atoms with Crippen LogP contribution in [0.25, 0.3) is 0 Å². The third-order valence-electron chi connectivity index (χ3n) is 2.78. The van der Waals surface area contributed by atoms with Crippen LogP contribution in [0.5, 0.6) is 0 Å². The van der Waals surface area contributed by atoms with Gasteiger partial charge in [-0.3, -0.25) is 9.97 Å². The van der Waals surface area contributed by atoms with E-state index in [9.17, 15) is 5.11 Å². The fourth-order valence-corrected chi connectivity index (χ4v) is 2.15. The Labute approximate surface area is 121 Å². The van der Waals surface area contributed by atoms with Crippen molar-refractivity contribution in [2.24, 2.45) is 5.92 Å². The third kappa shape index (κ3) is 4.61. The molecule has 0 saturated heterocycles. The summed E-state index contributed by atoms with van der Waals surface area (Å²) in [5, 5.41) is 12.7. The molecule has 5 heteroatoms. The van der Waals surface area contributed by atoms with Gasteiger partial charge in [0, 0.05) is 41.6 Å². The van der Waals surface area contributed by atoms with Crippen molar-refractivity contribution >= 4 is 21.6 Å². The Morgan fingerprint density at radius 3 is 2.89 bits per heavy atom. The molecule has 0 saturated carbocycles. The van der Waals surface area contributed by atoms with Gasteiger partial charge in [0.15, 0.2) is 0 Å². The van der Waals surface area contributed by atoms with Gasteiger partial charge in [-0.25, -0.2) is 0 Å². The molecule has 0 aliphatic rings. The number of hydrogen-bond acceptors (Lipinski definition) is 4. The summed E-state index contributed by atoms with van der Waals surface area (Å²) >= 11 is 3.38. The van der Waals surface area contributed by atoms with E-state index in [1.807, 2.05) is 24.3 Å². The monoisotopic (exact) mass is 321 g/mol. The summed E-state index contributed by atoms with van der Waals surface area (Å²) in [6.07, 6.45) is 6.03. The summed E-state index contributed by atoms with van der Waals surface area (Å²) in [6.45, 7) is 0.816. The van der Waals surface area contributed by atoms with Crippen LogP contribution >= 0.6 is 15.9 Å². The number of anilines is 1. The first-order valence-corrected chi connectivity index (χ1v) is 6.92. The molecule has 0 aromatic carbocycles. The van der Waals surface area contributed by atoms with Crippen molar-refractivity contribution in [3.05, 3.63) is 53.0 Å². The molecule has 0 bridgehead atoms. The predicted octanol–water partition coefficient (Wildman–Crippen LogP) is 2.50. The summed E-state index contributed by atoms with van der Waals surface area (Å²) in [5.74, 6) is 0.133. The van der Waals surface area contributed by atoms with Crippen molar-refractivity contribution in [2.75, 3.05) is 18.5 Å². The van der Waals surface area contributed by atoms with Crippen LogP contribution in [0.1, 0.15) is 5.69 Å². The Kier molecular flexibility index (Phi) is 5.30.